The topological polar surface area (TPSA) is 87.4 Å². The summed E-state index contributed by atoms with van der Waals surface area (Å²) in [5, 5.41) is 15.3. The first-order chi connectivity index (χ1) is 11.7. The van der Waals surface area contributed by atoms with Crippen LogP contribution in [-0.4, -0.2) is 28.8 Å². The molecule has 136 valence electrons. The highest BCUT2D eigenvalue weighted by atomic mass is 16.3. The van der Waals surface area contributed by atoms with E-state index in [-0.39, 0.29) is 11.4 Å². The maximum atomic E-state index is 12.2. The van der Waals surface area contributed by atoms with E-state index in [2.05, 4.69) is 15.6 Å². The highest BCUT2D eigenvalue weighted by molar-refractivity contribution is 5.90. The Hall–Kier alpha value is -2.34. The van der Waals surface area contributed by atoms with Crippen molar-refractivity contribution in [1.82, 2.24) is 10.3 Å². The van der Waals surface area contributed by atoms with E-state index >= 15 is 0 Å². The van der Waals surface area contributed by atoms with E-state index in [9.17, 15) is 9.90 Å². The average Bonchev–Trinajstić information content (AvgIpc) is 2.93. The van der Waals surface area contributed by atoms with Crippen molar-refractivity contribution in [3.63, 3.8) is 0 Å². The van der Waals surface area contributed by atoms with Gasteiger partial charge < -0.3 is 20.2 Å². The fourth-order valence-electron chi connectivity index (χ4n) is 2.73. The Bertz CT molecular complexity index is 735. The molecule has 2 amide bonds. The van der Waals surface area contributed by atoms with Gasteiger partial charge in [-0.25, -0.2) is 9.78 Å². The Labute approximate surface area is 148 Å². The zero-order valence-electron chi connectivity index (χ0n) is 15.5. The Morgan fingerprint density at radius 2 is 2.08 bits per heavy atom. The predicted molar refractivity (Wildman–Crippen MR) is 98.5 cm³/mol. The van der Waals surface area contributed by atoms with Gasteiger partial charge in [-0.15, -0.1) is 0 Å². The van der Waals surface area contributed by atoms with Crippen LogP contribution < -0.4 is 10.6 Å². The van der Waals surface area contributed by atoms with E-state index in [1.807, 2.05) is 45.9 Å². The molecule has 1 atom stereocenters. The van der Waals surface area contributed by atoms with Gasteiger partial charge in [-0.3, -0.25) is 0 Å². The zero-order chi connectivity index (χ0) is 18.6. The van der Waals surface area contributed by atoms with Gasteiger partial charge in [0.1, 0.15) is 6.26 Å². The van der Waals surface area contributed by atoms with Crippen molar-refractivity contribution in [2.24, 2.45) is 5.41 Å². The summed E-state index contributed by atoms with van der Waals surface area (Å²) >= 11 is 0. The number of hydrogen-bond acceptors (Lipinski definition) is 4. The Balaban J connectivity index is 2.03. The molecule has 0 aliphatic heterocycles. The number of hydrogen-bond donors (Lipinski definition) is 3. The van der Waals surface area contributed by atoms with Crippen LogP contribution in [0, 0.1) is 19.3 Å². The smallest absolute Gasteiger partial charge is 0.319 e. The molecule has 0 saturated carbocycles. The molecular weight excluding hydrogens is 318 g/mol. The molecule has 0 radical (unpaired) electrons. The standard InChI is InChI=1S/C19H27N3O3/c1-12-6-7-15(17-21-13(2)10-25-17)8-16(12)22-18(24)20-11-19(4,5)9-14(3)23/h6-8,10,14,23H,9,11H2,1-5H3,(H2,20,22,24). The number of amides is 2. The predicted octanol–water partition coefficient (Wildman–Crippen LogP) is 3.88. The molecular formula is C19H27N3O3. The lowest BCUT2D eigenvalue weighted by Crippen LogP contribution is -2.38. The first-order valence-corrected chi connectivity index (χ1v) is 8.42. The quantitative estimate of drug-likeness (QED) is 0.741. The van der Waals surface area contributed by atoms with E-state index in [1.165, 1.54) is 0 Å². The number of nitrogens with zero attached hydrogens (tertiary/aromatic N) is 1. The minimum absolute atomic E-state index is 0.183. The number of benzene rings is 1. The molecule has 0 aliphatic carbocycles. The second kappa shape index (κ2) is 7.70. The summed E-state index contributed by atoms with van der Waals surface area (Å²) in [4.78, 5) is 16.5. The number of rotatable bonds is 6. The van der Waals surface area contributed by atoms with Gasteiger partial charge in [-0.1, -0.05) is 19.9 Å². The lowest BCUT2D eigenvalue weighted by atomic mass is 9.87. The first kappa shape index (κ1) is 19.0. The van der Waals surface area contributed by atoms with Gasteiger partial charge in [0.25, 0.3) is 0 Å². The molecule has 1 unspecified atom stereocenters. The van der Waals surface area contributed by atoms with Crippen LogP contribution >= 0.6 is 0 Å². The summed E-state index contributed by atoms with van der Waals surface area (Å²) < 4.78 is 5.42. The van der Waals surface area contributed by atoms with E-state index in [4.69, 9.17) is 4.42 Å². The third-order valence-electron chi connectivity index (χ3n) is 3.93. The van der Waals surface area contributed by atoms with Crippen LogP contribution in [0.2, 0.25) is 0 Å². The minimum Gasteiger partial charge on any atom is -0.444 e. The van der Waals surface area contributed by atoms with E-state index in [0.717, 1.165) is 16.8 Å². The fourth-order valence-corrected chi connectivity index (χ4v) is 2.73. The monoisotopic (exact) mass is 345 g/mol. The molecule has 6 heteroatoms. The first-order valence-electron chi connectivity index (χ1n) is 8.42. The maximum absolute atomic E-state index is 12.2. The number of oxazole rings is 1. The number of aliphatic hydroxyl groups is 1. The second-order valence-corrected chi connectivity index (χ2v) is 7.35. The molecule has 0 spiro atoms. The van der Waals surface area contributed by atoms with Crippen molar-refractivity contribution in [3.8, 4) is 11.5 Å². The van der Waals surface area contributed by atoms with Crippen LogP contribution in [0.4, 0.5) is 10.5 Å². The lowest BCUT2D eigenvalue weighted by Gasteiger charge is -2.26. The molecule has 25 heavy (non-hydrogen) atoms. The number of aliphatic hydroxyl groups excluding tert-OH is 1. The second-order valence-electron chi connectivity index (χ2n) is 7.35. The summed E-state index contributed by atoms with van der Waals surface area (Å²) in [6.45, 7) is 10.0. The highest BCUT2D eigenvalue weighted by Crippen LogP contribution is 2.25. The lowest BCUT2D eigenvalue weighted by molar-refractivity contribution is 0.129. The van der Waals surface area contributed by atoms with Gasteiger partial charge in [0.15, 0.2) is 0 Å². The number of aromatic nitrogens is 1. The van der Waals surface area contributed by atoms with Crippen molar-refractivity contribution < 1.29 is 14.3 Å². The Morgan fingerprint density at radius 1 is 1.36 bits per heavy atom. The number of anilines is 1. The summed E-state index contributed by atoms with van der Waals surface area (Å²) in [6, 6.07) is 5.40. The third kappa shape index (κ3) is 5.60. The molecule has 0 fully saturated rings. The Kier molecular flexibility index (Phi) is 5.85. The molecule has 0 saturated heterocycles. The molecule has 0 bridgehead atoms. The number of urea groups is 1. The SMILES string of the molecule is Cc1coc(-c2ccc(C)c(NC(=O)NCC(C)(C)CC(C)O)c2)n1. The molecule has 1 aromatic carbocycles. The molecule has 2 aromatic rings. The van der Waals surface area contributed by atoms with Crippen LogP contribution in [0.1, 0.15) is 38.4 Å². The summed E-state index contributed by atoms with van der Waals surface area (Å²) in [6.07, 6.45) is 1.81. The van der Waals surface area contributed by atoms with Crippen molar-refractivity contribution in [3.05, 3.63) is 35.7 Å². The third-order valence-corrected chi connectivity index (χ3v) is 3.93. The van der Waals surface area contributed by atoms with Gasteiger partial charge in [-0.05, 0) is 50.3 Å². The van der Waals surface area contributed by atoms with Crippen LogP contribution in [0.5, 0.6) is 0 Å². The molecule has 0 aliphatic rings. The summed E-state index contributed by atoms with van der Waals surface area (Å²) in [7, 11) is 0. The van der Waals surface area contributed by atoms with E-state index in [1.54, 1.807) is 13.2 Å². The van der Waals surface area contributed by atoms with Crippen LogP contribution in [0.25, 0.3) is 11.5 Å². The van der Waals surface area contributed by atoms with Crippen molar-refractivity contribution >= 4 is 11.7 Å². The fraction of sp³-hybridized carbons (Fsp3) is 0.474. The number of carbonyl (C=O) groups excluding carboxylic acids is 1. The molecule has 6 nitrogen and oxygen atoms in total. The summed E-state index contributed by atoms with van der Waals surface area (Å²) in [5.41, 5.74) is 3.09. The number of nitrogens with one attached hydrogen (secondary N) is 2. The van der Waals surface area contributed by atoms with Gasteiger partial charge in [0.2, 0.25) is 5.89 Å². The van der Waals surface area contributed by atoms with Crippen LogP contribution in [0.15, 0.2) is 28.9 Å². The van der Waals surface area contributed by atoms with Gasteiger partial charge in [0, 0.05) is 17.8 Å². The van der Waals surface area contributed by atoms with Gasteiger partial charge in [0.05, 0.1) is 11.8 Å². The molecule has 1 aromatic heterocycles. The molecule has 1 heterocycles. The van der Waals surface area contributed by atoms with Gasteiger partial charge >= 0.3 is 6.03 Å². The van der Waals surface area contributed by atoms with Crippen LogP contribution in [0.3, 0.4) is 0 Å². The highest BCUT2D eigenvalue weighted by Gasteiger charge is 2.21. The zero-order valence-corrected chi connectivity index (χ0v) is 15.5. The molecule has 2 rings (SSSR count). The minimum atomic E-state index is -0.400. The van der Waals surface area contributed by atoms with Crippen molar-refractivity contribution in [2.75, 3.05) is 11.9 Å². The van der Waals surface area contributed by atoms with Gasteiger partial charge in [-0.2, -0.15) is 0 Å². The number of carbonyl (C=O) groups is 1. The summed E-state index contributed by atoms with van der Waals surface area (Å²) in [5.74, 6) is 0.527. The van der Waals surface area contributed by atoms with Crippen LogP contribution in [-0.2, 0) is 0 Å². The van der Waals surface area contributed by atoms with Crippen molar-refractivity contribution in [2.45, 2.75) is 47.1 Å². The maximum Gasteiger partial charge on any atom is 0.319 e. The van der Waals surface area contributed by atoms with Crippen molar-refractivity contribution in [1.29, 1.82) is 0 Å². The Morgan fingerprint density at radius 3 is 2.68 bits per heavy atom. The average molecular weight is 345 g/mol. The van der Waals surface area contributed by atoms with E-state index < -0.39 is 6.10 Å². The van der Waals surface area contributed by atoms with E-state index in [0.29, 0.717) is 24.5 Å². The number of aryl methyl sites for hydroxylation is 2. The largest absolute Gasteiger partial charge is 0.444 e. The molecule has 3 N–H and O–H groups in total. The normalized spacial score (nSPS) is 12.7.